The summed E-state index contributed by atoms with van der Waals surface area (Å²) < 4.78 is 5.63. The number of phenolic OH excluding ortho intramolecular Hbond substituents is 3. The summed E-state index contributed by atoms with van der Waals surface area (Å²) in [5.74, 6) is 1.12. The molecule has 5 nitrogen and oxygen atoms in total. The van der Waals surface area contributed by atoms with Crippen molar-refractivity contribution in [3.8, 4) is 39.8 Å². The molecule has 1 heterocycles. The van der Waals surface area contributed by atoms with E-state index in [4.69, 9.17) is 4.52 Å². The number of phenols is 3. The molecule has 0 amide bonds. The van der Waals surface area contributed by atoms with Crippen LogP contribution in [-0.2, 0) is 0 Å². The third-order valence-corrected chi connectivity index (χ3v) is 4.33. The molecule has 4 aromatic rings. The van der Waals surface area contributed by atoms with E-state index in [9.17, 15) is 15.3 Å². The van der Waals surface area contributed by atoms with Crippen molar-refractivity contribution < 1.29 is 19.8 Å². The van der Waals surface area contributed by atoms with Crippen LogP contribution in [0.3, 0.4) is 0 Å². The van der Waals surface area contributed by atoms with Crippen molar-refractivity contribution >= 4 is 12.2 Å². The van der Waals surface area contributed by atoms with E-state index in [0.717, 1.165) is 22.3 Å². The highest BCUT2D eigenvalue weighted by Gasteiger charge is 2.17. The molecule has 5 heteroatoms. The predicted octanol–water partition coefficient (Wildman–Crippen LogP) is 5.30. The zero-order valence-electron chi connectivity index (χ0n) is 14.8. The normalized spacial score (nSPS) is 11.1. The standard InChI is InChI=1S/C23H17NO4/c25-18-8-1-15(2-9-18)3-14-21-22(16-4-10-19(26)11-5-16)24-28-23(21)17-6-12-20(27)13-7-17/h1-14,25-27H/b14-3+. The van der Waals surface area contributed by atoms with Crippen LogP contribution in [0.5, 0.6) is 17.2 Å². The highest BCUT2D eigenvalue weighted by Crippen LogP contribution is 2.35. The zero-order valence-corrected chi connectivity index (χ0v) is 14.8. The molecule has 0 aliphatic carbocycles. The van der Waals surface area contributed by atoms with Crippen molar-refractivity contribution in [1.82, 2.24) is 5.16 Å². The Kier molecular flexibility index (Phi) is 4.56. The molecule has 0 aliphatic rings. The molecule has 0 bridgehead atoms. The lowest BCUT2D eigenvalue weighted by Gasteiger charge is -2.02. The molecule has 0 aliphatic heterocycles. The van der Waals surface area contributed by atoms with Gasteiger partial charge in [-0.3, -0.25) is 0 Å². The van der Waals surface area contributed by atoms with Crippen LogP contribution in [0.2, 0.25) is 0 Å². The van der Waals surface area contributed by atoms with Crippen LogP contribution in [0.4, 0.5) is 0 Å². The van der Waals surface area contributed by atoms with Gasteiger partial charge in [-0.15, -0.1) is 0 Å². The maximum absolute atomic E-state index is 9.55. The van der Waals surface area contributed by atoms with Crippen LogP contribution in [0, 0.1) is 0 Å². The second kappa shape index (κ2) is 7.32. The van der Waals surface area contributed by atoms with Gasteiger partial charge in [-0.25, -0.2) is 0 Å². The summed E-state index contributed by atoms with van der Waals surface area (Å²) in [5.41, 5.74) is 3.90. The molecule has 0 saturated heterocycles. The molecule has 0 fully saturated rings. The van der Waals surface area contributed by atoms with E-state index in [1.807, 2.05) is 12.2 Å². The van der Waals surface area contributed by atoms with E-state index >= 15 is 0 Å². The monoisotopic (exact) mass is 371 g/mol. The lowest BCUT2D eigenvalue weighted by Crippen LogP contribution is -1.83. The minimum Gasteiger partial charge on any atom is -0.508 e. The van der Waals surface area contributed by atoms with Crippen molar-refractivity contribution in [3.63, 3.8) is 0 Å². The first-order chi connectivity index (χ1) is 13.6. The number of hydrogen-bond donors (Lipinski definition) is 3. The zero-order chi connectivity index (χ0) is 19.5. The second-order valence-corrected chi connectivity index (χ2v) is 6.29. The van der Waals surface area contributed by atoms with Crippen molar-refractivity contribution in [1.29, 1.82) is 0 Å². The fourth-order valence-electron chi connectivity index (χ4n) is 2.87. The highest BCUT2D eigenvalue weighted by atomic mass is 16.5. The summed E-state index contributed by atoms with van der Waals surface area (Å²) in [7, 11) is 0. The molecule has 138 valence electrons. The summed E-state index contributed by atoms with van der Waals surface area (Å²) in [6, 6.07) is 20.3. The molecule has 4 rings (SSSR count). The SMILES string of the molecule is Oc1ccc(/C=C/c2c(-c3ccc(O)cc3)noc2-c2ccc(O)cc2)cc1. The first kappa shape index (κ1) is 17.4. The average molecular weight is 371 g/mol. The molecular weight excluding hydrogens is 354 g/mol. The predicted molar refractivity (Wildman–Crippen MR) is 108 cm³/mol. The van der Waals surface area contributed by atoms with E-state index in [1.165, 1.54) is 0 Å². The van der Waals surface area contributed by atoms with Gasteiger partial charge in [-0.05, 0) is 72.3 Å². The van der Waals surface area contributed by atoms with Crippen LogP contribution in [0.25, 0.3) is 34.7 Å². The van der Waals surface area contributed by atoms with Gasteiger partial charge >= 0.3 is 0 Å². The van der Waals surface area contributed by atoms with Gasteiger partial charge in [0.1, 0.15) is 22.9 Å². The van der Waals surface area contributed by atoms with E-state index < -0.39 is 0 Å². The quantitative estimate of drug-likeness (QED) is 0.453. The van der Waals surface area contributed by atoms with Crippen LogP contribution in [0.1, 0.15) is 11.1 Å². The number of benzene rings is 3. The van der Waals surface area contributed by atoms with Crippen LogP contribution < -0.4 is 0 Å². The fraction of sp³-hybridized carbons (Fsp3) is 0. The molecule has 28 heavy (non-hydrogen) atoms. The summed E-state index contributed by atoms with van der Waals surface area (Å²) in [6.45, 7) is 0. The molecule has 0 saturated carbocycles. The molecule has 0 radical (unpaired) electrons. The summed E-state index contributed by atoms with van der Waals surface area (Å²) in [5, 5.41) is 32.8. The Labute approximate surface area is 161 Å². The largest absolute Gasteiger partial charge is 0.508 e. The van der Waals surface area contributed by atoms with Crippen LogP contribution >= 0.6 is 0 Å². The van der Waals surface area contributed by atoms with Gasteiger partial charge in [0.15, 0.2) is 5.76 Å². The Balaban J connectivity index is 1.81. The smallest absolute Gasteiger partial charge is 0.174 e. The number of rotatable bonds is 4. The average Bonchev–Trinajstić information content (AvgIpc) is 3.12. The van der Waals surface area contributed by atoms with Crippen LogP contribution in [-0.4, -0.2) is 20.5 Å². The van der Waals surface area contributed by atoms with Gasteiger partial charge in [0, 0.05) is 11.1 Å². The van der Waals surface area contributed by atoms with E-state index in [2.05, 4.69) is 5.16 Å². The summed E-state index contributed by atoms with van der Waals surface area (Å²) in [4.78, 5) is 0. The Morgan fingerprint density at radius 1 is 0.607 bits per heavy atom. The number of nitrogens with zero attached hydrogens (tertiary/aromatic N) is 1. The van der Waals surface area contributed by atoms with Crippen LogP contribution in [0.15, 0.2) is 77.3 Å². The van der Waals surface area contributed by atoms with Crippen molar-refractivity contribution in [3.05, 3.63) is 83.9 Å². The molecular formula is C23H17NO4. The Hall–Kier alpha value is -3.99. The Morgan fingerprint density at radius 3 is 1.68 bits per heavy atom. The third-order valence-electron chi connectivity index (χ3n) is 4.33. The maximum atomic E-state index is 9.55. The van der Waals surface area contributed by atoms with Gasteiger partial charge in [0.2, 0.25) is 0 Å². The second-order valence-electron chi connectivity index (χ2n) is 6.29. The Morgan fingerprint density at radius 2 is 1.11 bits per heavy atom. The molecule has 0 atom stereocenters. The molecule has 0 unspecified atom stereocenters. The number of aromatic nitrogens is 1. The summed E-state index contributed by atoms with van der Waals surface area (Å²) >= 11 is 0. The van der Waals surface area contributed by atoms with Gasteiger partial charge < -0.3 is 19.8 Å². The van der Waals surface area contributed by atoms with Gasteiger partial charge in [-0.2, -0.15) is 0 Å². The minimum atomic E-state index is 0.170. The lowest BCUT2D eigenvalue weighted by molar-refractivity contribution is 0.434. The lowest BCUT2D eigenvalue weighted by atomic mass is 10.0. The van der Waals surface area contributed by atoms with E-state index in [-0.39, 0.29) is 17.2 Å². The topological polar surface area (TPSA) is 86.7 Å². The Bertz CT molecular complexity index is 1050. The first-order valence-corrected chi connectivity index (χ1v) is 8.66. The summed E-state index contributed by atoms with van der Waals surface area (Å²) in [6.07, 6.45) is 3.80. The molecule has 3 N–H and O–H groups in total. The molecule has 1 aromatic heterocycles. The number of hydrogen-bond acceptors (Lipinski definition) is 5. The van der Waals surface area contributed by atoms with Crippen molar-refractivity contribution in [2.24, 2.45) is 0 Å². The van der Waals surface area contributed by atoms with Gasteiger partial charge in [0.05, 0.1) is 5.56 Å². The molecule has 3 aromatic carbocycles. The van der Waals surface area contributed by atoms with E-state index in [0.29, 0.717) is 11.5 Å². The fourth-order valence-corrected chi connectivity index (χ4v) is 2.87. The van der Waals surface area contributed by atoms with E-state index in [1.54, 1.807) is 72.8 Å². The minimum absolute atomic E-state index is 0.170. The molecule has 0 spiro atoms. The third kappa shape index (κ3) is 3.59. The van der Waals surface area contributed by atoms with Crippen molar-refractivity contribution in [2.75, 3.05) is 0 Å². The van der Waals surface area contributed by atoms with Gasteiger partial charge in [0.25, 0.3) is 0 Å². The highest BCUT2D eigenvalue weighted by molar-refractivity contribution is 5.86. The van der Waals surface area contributed by atoms with Crippen molar-refractivity contribution in [2.45, 2.75) is 0 Å². The van der Waals surface area contributed by atoms with Gasteiger partial charge in [-0.1, -0.05) is 23.4 Å². The maximum Gasteiger partial charge on any atom is 0.174 e. The number of aromatic hydroxyl groups is 3. The first-order valence-electron chi connectivity index (χ1n) is 8.66.